The maximum Gasteiger partial charge on any atom is 0.244 e. The van der Waals surface area contributed by atoms with Crippen molar-refractivity contribution >= 4 is 10.0 Å². The fraction of sp³-hybridized carbons (Fsp3) is 0.304. The van der Waals surface area contributed by atoms with Crippen LogP contribution < -0.4 is 0 Å². The SMILES string of the molecule is CC#C[C@@H](c1ccccc1)N(C/C=C/C1CC1)S(=O)(=O)c1ccc(C)cc1. The minimum Gasteiger partial charge on any atom is -0.207 e. The first-order valence-corrected chi connectivity index (χ1v) is 10.7. The summed E-state index contributed by atoms with van der Waals surface area (Å²) in [5, 5.41) is 0. The van der Waals surface area contributed by atoms with Crippen molar-refractivity contribution in [3.63, 3.8) is 0 Å². The quantitative estimate of drug-likeness (QED) is 0.516. The Morgan fingerprint density at radius 2 is 1.78 bits per heavy atom. The molecule has 0 amide bonds. The number of hydrogen-bond donors (Lipinski definition) is 0. The summed E-state index contributed by atoms with van der Waals surface area (Å²) in [5.41, 5.74) is 1.91. The Kier molecular flexibility index (Phi) is 6.15. The highest BCUT2D eigenvalue weighted by atomic mass is 32.2. The van der Waals surface area contributed by atoms with Crippen LogP contribution in [0.3, 0.4) is 0 Å². The van der Waals surface area contributed by atoms with Gasteiger partial charge in [0.15, 0.2) is 0 Å². The predicted molar refractivity (Wildman–Crippen MR) is 110 cm³/mol. The van der Waals surface area contributed by atoms with Crippen LogP contribution in [0.1, 0.15) is 36.9 Å². The van der Waals surface area contributed by atoms with Gasteiger partial charge < -0.3 is 0 Å². The van der Waals surface area contributed by atoms with Crippen molar-refractivity contribution in [2.45, 2.75) is 37.6 Å². The highest BCUT2D eigenvalue weighted by molar-refractivity contribution is 7.89. The monoisotopic (exact) mass is 379 g/mol. The van der Waals surface area contributed by atoms with Gasteiger partial charge in [0, 0.05) is 6.54 Å². The second-order valence-corrected chi connectivity index (χ2v) is 8.75. The Bertz CT molecular complexity index is 947. The van der Waals surface area contributed by atoms with Gasteiger partial charge >= 0.3 is 0 Å². The molecule has 0 unspecified atom stereocenters. The number of benzene rings is 2. The summed E-state index contributed by atoms with van der Waals surface area (Å²) < 4.78 is 28.4. The lowest BCUT2D eigenvalue weighted by atomic mass is 10.1. The normalized spacial score (nSPS) is 15.5. The van der Waals surface area contributed by atoms with Gasteiger partial charge in [-0.2, -0.15) is 4.31 Å². The molecule has 0 aliphatic heterocycles. The van der Waals surface area contributed by atoms with E-state index in [1.807, 2.05) is 55.5 Å². The lowest BCUT2D eigenvalue weighted by molar-refractivity contribution is 0.405. The first-order chi connectivity index (χ1) is 13.0. The Hall–Kier alpha value is -2.35. The van der Waals surface area contributed by atoms with Crippen molar-refractivity contribution in [2.75, 3.05) is 6.54 Å². The van der Waals surface area contributed by atoms with E-state index in [1.165, 1.54) is 17.1 Å². The number of hydrogen-bond acceptors (Lipinski definition) is 2. The first-order valence-electron chi connectivity index (χ1n) is 9.25. The molecule has 0 saturated heterocycles. The van der Waals surface area contributed by atoms with Crippen LogP contribution in [-0.4, -0.2) is 19.3 Å². The summed E-state index contributed by atoms with van der Waals surface area (Å²) >= 11 is 0. The molecule has 0 N–H and O–H groups in total. The molecule has 27 heavy (non-hydrogen) atoms. The molecule has 1 fully saturated rings. The summed E-state index contributed by atoms with van der Waals surface area (Å²) in [6, 6.07) is 16.1. The largest absolute Gasteiger partial charge is 0.244 e. The number of allylic oxidation sites excluding steroid dienone is 1. The highest BCUT2D eigenvalue weighted by Crippen LogP contribution is 2.31. The van der Waals surface area contributed by atoms with Crippen LogP contribution in [0.2, 0.25) is 0 Å². The molecule has 4 heteroatoms. The molecule has 0 aromatic heterocycles. The van der Waals surface area contributed by atoms with E-state index in [0.29, 0.717) is 17.4 Å². The molecular formula is C23H25NO2S. The molecule has 1 aliphatic carbocycles. The van der Waals surface area contributed by atoms with Crippen molar-refractivity contribution in [3.05, 3.63) is 77.9 Å². The van der Waals surface area contributed by atoms with Crippen LogP contribution in [0.15, 0.2) is 71.6 Å². The standard InChI is InChI=1S/C23H25NO2S/c1-3-8-23(21-10-5-4-6-11-21)24(18-7-9-20-14-15-20)27(25,26)22-16-12-19(2)13-17-22/h4-7,9-13,16-17,20,23H,14-15,18H2,1-2H3/b9-7+/t23-/m0/s1. The Balaban J connectivity index is 2.02. The van der Waals surface area contributed by atoms with Crippen LogP contribution in [0.5, 0.6) is 0 Å². The molecule has 2 aromatic rings. The molecule has 0 spiro atoms. The van der Waals surface area contributed by atoms with Crippen LogP contribution in [0, 0.1) is 24.7 Å². The molecule has 0 radical (unpaired) electrons. The zero-order valence-electron chi connectivity index (χ0n) is 15.8. The first kappa shape index (κ1) is 19.4. The molecular weight excluding hydrogens is 354 g/mol. The second kappa shape index (κ2) is 8.56. The zero-order valence-corrected chi connectivity index (χ0v) is 16.6. The maximum absolute atomic E-state index is 13.4. The lowest BCUT2D eigenvalue weighted by Gasteiger charge is -2.27. The number of sulfonamides is 1. The Labute approximate surface area is 162 Å². The fourth-order valence-electron chi connectivity index (χ4n) is 2.93. The fourth-order valence-corrected chi connectivity index (χ4v) is 4.41. The molecule has 0 heterocycles. The van der Waals surface area contributed by atoms with Gasteiger partial charge in [-0.15, -0.1) is 5.92 Å². The third-order valence-electron chi connectivity index (χ3n) is 4.63. The van der Waals surface area contributed by atoms with Crippen molar-refractivity contribution in [3.8, 4) is 11.8 Å². The number of nitrogens with zero attached hydrogens (tertiary/aromatic N) is 1. The van der Waals surface area contributed by atoms with Gasteiger partial charge in [-0.25, -0.2) is 8.42 Å². The van der Waals surface area contributed by atoms with Gasteiger partial charge in [0.05, 0.1) is 4.90 Å². The molecule has 3 nitrogen and oxygen atoms in total. The summed E-state index contributed by atoms with van der Waals surface area (Å²) in [6.07, 6.45) is 6.48. The van der Waals surface area contributed by atoms with Gasteiger partial charge in [0.25, 0.3) is 0 Å². The predicted octanol–water partition coefficient (Wildman–Crippen LogP) is 4.72. The van der Waals surface area contributed by atoms with Gasteiger partial charge in [0.2, 0.25) is 10.0 Å². The van der Waals surface area contributed by atoms with E-state index in [-0.39, 0.29) is 0 Å². The number of rotatable bonds is 7. The summed E-state index contributed by atoms with van der Waals surface area (Å²) in [4.78, 5) is 0.298. The minimum absolute atomic E-state index is 0.298. The van der Waals surface area contributed by atoms with E-state index in [1.54, 1.807) is 19.1 Å². The smallest absolute Gasteiger partial charge is 0.207 e. The van der Waals surface area contributed by atoms with E-state index < -0.39 is 16.1 Å². The maximum atomic E-state index is 13.4. The van der Waals surface area contributed by atoms with Crippen LogP contribution in [0.4, 0.5) is 0 Å². The summed E-state index contributed by atoms with van der Waals surface area (Å²) in [6.45, 7) is 4.00. The molecule has 3 rings (SSSR count). The van der Waals surface area contributed by atoms with Gasteiger partial charge in [-0.1, -0.05) is 66.1 Å². The third kappa shape index (κ3) is 4.88. The average Bonchev–Trinajstić information content (AvgIpc) is 3.49. The van der Waals surface area contributed by atoms with E-state index in [0.717, 1.165) is 11.1 Å². The highest BCUT2D eigenvalue weighted by Gasteiger charge is 2.31. The summed E-state index contributed by atoms with van der Waals surface area (Å²) in [7, 11) is -3.69. The van der Waals surface area contributed by atoms with Crippen LogP contribution in [-0.2, 0) is 10.0 Å². The van der Waals surface area contributed by atoms with Gasteiger partial charge in [-0.05, 0) is 50.3 Å². The Morgan fingerprint density at radius 1 is 1.11 bits per heavy atom. The third-order valence-corrected chi connectivity index (χ3v) is 6.47. The van der Waals surface area contributed by atoms with E-state index in [9.17, 15) is 8.42 Å². The molecule has 0 bridgehead atoms. The van der Waals surface area contributed by atoms with Crippen molar-refractivity contribution < 1.29 is 8.42 Å². The molecule has 140 valence electrons. The Morgan fingerprint density at radius 3 is 2.37 bits per heavy atom. The van der Waals surface area contributed by atoms with Gasteiger partial charge in [-0.3, -0.25) is 0 Å². The van der Waals surface area contributed by atoms with Crippen molar-refractivity contribution in [2.24, 2.45) is 5.92 Å². The topological polar surface area (TPSA) is 37.4 Å². The van der Waals surface area contributed by atoms with Gasteiger partial charge in [0.1, 0.15) is 6.04 Å². The molecule has 2 aromatic carbocycles. The van der Waals surface area contributed by atoms with Crippen LogP contribution >= 0.6 is 0 Å². The van der Waals surface area contributed by atoms with E-state index in [2.05, 4.69) is 17.9 Å². The molecule has 1 saturated carbocycles. The molecule has 1 aliphatic rings. The second-order valence-electron chi connectivity index (χ2n) is 6.86. The average molecular weight is 380 g/mol. The van der Waals surface area contributed by atoms with Crippen molar-refractivity contribution in [1.82, 2.24) is 4.31 Å². The molecule has 1 atom stereocenters. The minimum atomic E-state index is -3.69. The zero-order chi connectivity index (χ0) is 19.3. The summed E-state index contributed by atoms with van der Waals surface area (Å²) in [5.74, 6) is 6.61. The number of aryl methyl sites for hydroxylation is 1. The van der Waals surface area contributed by atoms with Crippen molar-refractivity contribution in [1.29, 1.82) is 0 Å². The van der Waals surface area contributed by atoms with E-state index >= 15 is 0 Å². The van der Waals surface area contributed by atoms with E-state index in [4.69, 9.17) is 0 Å². The lowest BCUT2D eigenvalue weighted by Crippen LogP contribution is -2.34. The van der Waals surface area contributed by atoms with Crippen LogP contribution in [0.25, 0.3) is 0 Å².